The molecule has 2 aliphatic rings. The zero-order valence-corrected chi connectivity index (χ0v) is 16.1. The highest BCUT2D eigenvalue weighted by Crippen LogP contribution is 2.39. The maximum absolute atomic E-state index is 13.2. The Labute approximate surface area is 172 Å². The zero-order valence-electron chi connectivity index (χ0n) is 16.1. The molecule has 5 nitrogen and oxygen atoms in total. The second-order valence-electron chi connectivity index (χ2n) is 7.81. The first-order valence-corrected chi connectivity index (χ1v) is 9.98. The normalized spacial score (nSPS) is 17.3. The Balaban J connectivity index is 1.45. The van der Waals surface area contributed by atoms with E-state index in [1.165, 1.54) is 10.5 Å². The fourth-order valence-corrected chi connectivity index (χ4v) is 4.50. The quantitative estimate of drug-likeness (QED) is 0.498. The SMILES string of the molecule is O=C1c2ccccc2C(=O)c2c1oc1c3c(ccc21)OC[NH+](Cc1ccccc1)C3. The molecule has 3 aromatic carbocycles. The minimum atomic E-state index is -0.240. The van der Waals surface area contributed by atoms with Gasteiger partial charge in [0.05, 0.1) is 11.1 Å². The molecule has 146 valence electrons. The lowest BCUT2D eigenvalue weighted by Gasteiger charge is -2.26. The van der Waals surface area contributed by atoms with Crippen molar-refractivity contribution in [1.82, 2.24) is 0 Å². The van der Waals surface area contributed by atoms with Crippen molar-refractivity contribution in [2.24, 2.45) is 0 Å². The number of nitrogens with one attached hydrogen (secondary N) is 1. The summed E-state index contributed by atoms with van der Waals surface area (Å²) in [6.07, 6.45) is 0. The van der Waals surface area contributed by atoms with Gasteiger partial charge in [0.1, 0.15) is 24.4 Å². The van der Waals surface area contributed by atoms with Crippen LogP contribution in [0.4, 0.5) is 0 Å². The molecule has 5 heteroatoms. The molecule has 0 spiro atoms. The Morgan fingerprint density at radius 1 is 0.833 bits per heavy atom. The average molecular weight is 396 g/mol. The maximum Gasteiger partial charge on any atom is 0.229 e. The van der Waals surface area contributed by atoms with Crippen LogP contribution in [0.25, 0.3) is 11.0 Å². The highest BCUT2D eigenvalue weighted by Gasteiger charge is 2.36. The molecule has 1 unspecified atom stereocenters. The highest BCUT2D eigenvalue weighted by atomic mass is 16.5. The molecule has 0 radical (unpaired) electrons. The Hall–Kier alpha value is -3.70. The van der Waals surface area contributed by atoms with Gasteiger partial charge >= 0.3 is 0 Å². The summed E-state index contributed by atoms with van der Waals surface area (Å²) < 4.78 is 12.1. The molecular weight excluding hydrogens is 378 g/mol. The number of rotatable bonds is 2. The molecule has 0 saturated heterocycles. The fraction of sp³-hybridized carbons (Fsp3) is 0.120. The Bertz CT molecular complexity index is 1340. The van der Waals surface area contributed by atoms with Crippen molar-refractivity contribution in [3.8, 4) is 5.75 Å². The largest absolute Gasteiger partial charge is 0.451 e. The van der Waals surface area contributed by atoms with E-state index < -0.39 is 0 Å². The van der Waals surface area contributed by atoms with E-state index in [9.17, 15) is 9.59 Å². The number of fused-ring (bicyclic) bond motifs is 6. The summed E-state index contributed by atoms with van der Waals surface area (Å²) in [6, 6.07) is 20.9. The molecule has 0 bridgehead atoms. The smallest absolute Gasteiger partial charge is 0.229 e. The molecule has 6 rings (SSSR count). The molecule has 0 fully saturated rings. The van der Waals surface area contributed by atoms with E-state index in [2.05, 4.69) is 12.1 Å². The van der Waals surface area contributed by atoms with Crippen LogP contribution >= 0.6 is 0 Å². The lowest BCUT2D eigenvalue weighted by molar-refractivity contribution is -0.945. The van der Waals surface area contributed by atoms with Gasteiger partial charge in [0, 0.05) is 22.1 Å². The van der Waals surface area contributed by atoms with E-state index in [4.69, 9.17) is 9.15 Å². The molecule has 1 aliphatic heterocycles. The van der Waals surface area contributed by atoms with Crippen LogP contribution in [-0.4, -0.2) is 18.3 Å². The van der Waals surface area contributed by atoms with Crippen molar-refractivity contribution in [3.63, 3.8) is 0 Å². The Kier molecular flexibility index (Phi) is 3.67. The molecule has 1 N–H and O–H groups in total. The number of ketones is 2. The van der Waals surface area contributed by atoms with Gasteiger partial charge in [-0.25, -0.2) is 0 Å². The van der Waals surface area contributed by atoms with Crippen LogP contribution in [0.15, 0.2) is 71.1 Å². The predicted octanol–water partition coefficient (Wildman–Crippen LogP) is 3.14. The number of quaternary nitrogens is 1. The van der Waals surface area contributed by atoms with Crippen LogP contribution in [0.3, 0.4) is 0 Å². The van der Waals surface area contributed by atoms with Crippen LogP contribution in [0.1, 0.15) is 43.2 Å². The summed E-state index contributed by atoms with van der Waals surface area (Å²) in [4.78, 5) is 27.4. The summed E-state index contributed by atoms with van der Waals surface area (Å²) >= 11 is 0. The number of hydrogen-bond donors (Lipinski definition) is 1. The van der Waals surface area contributed by atoms with Gasteiger partial charge in [0.25, 0.3) is 0 Å². The molecule has 1 aliphatic carbocycles. The van der Waals surface area contributed by atoms with Gasteiger partial charge in [-0.3, -0.25) is 14.5 Å². The van der Waals surface area contributed by atoms with Crippen LogP contribution in [0.2, 0.25) is 0 Å². The van der Waals surface area contributed by atoms with Crippen molar-refractivity contribution in [2.75, 3.05) is 6.73 Å². The number of carbonyl (C=O) groups excluding carboxylic acids is 2. The monoisotopic (exact) mass is 396 g/mol. The number of furan rings is 1. The summed E-state index contributed by atoms with van der Waals surface area (Å²) in [5.41, 5.74) is 3.91. The predicted molar refractivity (Wildman–Crippen MR) is 110 cm³/mol. The minimum absolute atomic E-state index is 0.136. The van der Waals surface area contributed by atoms with Crippen molar-refractivity contribution < 1.29 is 23.6 Å². The zero-order chi connectivity index (χ0) is 20.2. The van der Waals surface area contributed by atoms with Crippen molar-refractivity contribution >= 4 is 22.5 Å². The molecule has 4 aromatic rings. The lowest BCUT2D eigenvalue weighted by atomic mass is 9.87. The topological polar surface area (TPSA) is 61.0 Å². The van der Waals surface area contributed by atoms with Crippen LogP contribution in [0.5, 0.6) is 5.75 Å². The van der Waals surface area contributed by atoms with E-state index >= 15 is 0 Å². The third-order valence-electron chi connectivity index (χ3n) is 5.92. The van der Waals surface area contributed by atoms with E-state index in [1.54, 1.807) is 24.3 Å². The van der Waals surface area contributed by atoms with E-state index in [1.807, 2.05) is 30.3 Å². The maximum atomic E-state index is 13.2. The first-order chi connectivity index (χ1) is 14.7. The third kappa shape index (κ3) is 2.46. The van der Waals surface area contributed by atoms with Gasteiger partial charge < -0.3 is 9.15 Å². The second kappa shape index (κ2) is 6.40. The molecule has 0 saturated carbocycles. The van der Waals surface area contributed by atoms with Crippen LogP contribution in [-0.2, 0) is 13.1 Å². The van der Waals surface area contributed by atoms with Gasteiger partial charge in [0.2, 0.25) is 12.5 Å². The standard InChI is InChI=1S/C25H17NO4/c27-22-16-8-4-5-9-17(16)23(28)25-21(22)18-10-11-20-19(24(18)30-25)13-26(14-29-20)12-15-6-2-1-3-7-15/h1-11H,12-14H2/p+1. The number of carbonyl (C=O) groups is 2. The number of hydrogen-bond acceptors (Lipinski definition) is 4. The molecule has 30 heavy (non-hydrogen) atoms. The molecule has 0 amide bonds. The second-order valence-corrected chi connectivity index (χ2v) is 7.81. The van der Waals surface area contributed by atoms with Crippen molar-refractivity contribution in [3.05, 3.63) is 100 Å². The number of ether oxygens (including phenoxy) is 1. The summed E-state index contributed by atoms with van der Waals surface area (Å²) in [5.74, 6) is 0.486. The highest BCUT2D eigenvalue weighted by molar-refractivity contribution is 6.31. The first-order valence-electron chi connectivity index (χ1n) is 9.98. The summed E-state index contributed by atoms with van der Waals surface area (Å²) in [6.45, 7) is 2.07. The Morgan fingerprint density at radius 3 is 2.37 bits per heavy atom. The van der Waals surface area contributed by atoms with Crippen LogP contribution < -0.4 is 9.64 Å². The fourth-order valence-electron chi connectivity index (χ4n) is 4.50. The van der Waals surface area contributed by atoms with E-state index in [0.29, 0.717) is 40.9 Å². The van der Waals surface area contributed by atoms with E-state index in [0.717, 1.165) is 17.9 Å². The Morgan fingerprint density at radius 2 is 1.57 bits per heavy atom. The van der Waals surface area contributed by atoms with Gasteiger partial charge in [-0.05, 0) is 12.1 Å². The van der Waals surface area contributed by atoms with Gasteiger partial charge in [-0.1, -0.05) is 54.6 Å². The molecule has 1 aromatic heterocycles. The minimum Gasteiger partial charge on any atom is -0.451 e. The molecule has 2 heterocycles. The van der Waals surface area contributed by atoms with Crippen LogP contribution in [0, 0.1) is 0 Å². The summed E-state index contributed by atoms with van der Waals surface area (Å²) in [5, 5.41) is 0.682. The van der Waals surface area contributed by atoms with E-state index in [-0.39, 0.29) is 17.3 Å². The third-order valence-corrected chi connectivity index (χ3v) is 5.92. The first kappa shape index (κ1) is 17.2. The van der Waals surface area contributed by atoms with Gasteiger partial charge in [-0.15, -0.1) is 0 Å². The molecule has 1 atom stereocenters. The molecular formula is C25H18NO4+. The number of benzene rings is 3. The lowest BCUT2D eigenvalue weighted by Crippen LogP contribution is -3.10. The van der Waals surface area contributed by atoms with Gasteiger partial charge in [-0.2, -0.15) is 0 Å². The van der Waals surface area contributed by atoms with Gasteiger partial charge in [0.15, 0.2) is 11.5 Å². The summed E-state index contributed by atoms with van der Waals surface area (Å²) in [7, 11) is 0. The van der Waals surface area contributed by atoms with Crippen molar-refractivity contribution in [2.45, 2.75) is 13.1 Å². The average Bonchev–Trinajstić information content (AvgIpc) is 3.19. The van der Waals surface area contributed by atoms with Crippen molar-refractivity contribution in [1.29, 1.82) is 0 Å².